The van der Waals surface area contributed by atoms with Crippen LogP contribution in [0.25, 0.3) is 0 Å². The van der Waals surface area contributed by atoms with Crippen LogP contribution in [0.1, 0.15) is 57.1 Å². The number of urea groups is 1. The third-order valence-electron chi connectivity index (χ3n) is 4.88. The Labute approximate surface area is 148 Å². The van der Waals surface area contributed by atoms with E-state index in [1.807, 2.05) is 17.8 Å². The van der Waals surface area contributed by atoms with E-state index in [4.69, 9.17) is 4.74 Å². The zero-order valence-electron chi connectivity index (χ0n) is 14.9. The number of nitrogens with zero attached hydrogens (tertiary/aromatic N) is 3. The number of hydrogen-bond acceptors (Lipinski definition) is 5. The van der Waals surface area contributed by atoms with Gasteiger partial charge in [0.1, 0.15) is 6.10 Å². The molecule has 1 aromatic rings. The molecule has 0 spiro atoms. The Kier molecular flexibility index (Phi) is 6.25. The number of aromatic nitrogens is 3. The summed E-state index contributed by atoms with van der Waals surface area (Å²) in [4.78, 5) is 11.8. The molecule has 2 fully saturated rings. The van der Waals surface area contributed by atoms with E-state index >= 15 is 0 Å². The molecular formula is C17H29N5O3. The standard InChI is InChI=1S/C17H29N5O3/c1-2-8-18-17(24)19-14-6-5-13(25-16(14)11-23)7-9-22-10-15(20-21-22)12-3-4-12/h10,12-14,16,23H,2-9,11H2,1H3,(H2,18,19,24)/t13-,14+,16-/m0/s1. The molecule has 3 N–H and O–H groups in total. The number of ether oxygens (including phenoxy) is 1. The molecule has 0 bridgehead atoms. The molecule has 8 heteroatoms. The van der Waals surface area contributed by atoms with Crippen LogP contribution in [0.2, 0.25) is 0 Å². The van der Waals surface area contributed by atoms with Gasteiger partial charge >= 0.3 is 6.03 Å². The SMILES string of the molecule is CCCNC(=O)N[C@@H]1CC[C@@H](CCn2cc(C3CC3)nn2)O[C@H]1CO. The van der Waals surface area contributed by atoms with Gasteiger partial charge in [0.05, 0.1) is 24.4 Å². The average Bonchev–Trinajstić information content (AvgIpc) is 3.37. The molecule has 2 amide bonds. The summed E-state index contributed by atoms with van der Waals surface area (Å²) in [6, 6.07) is -0.339. The fourth-order valence-electron chi connectivity index (χ4n) is 3.23. The molecule has 2 heterocycles. The van der Waals surface area contributed by atoms with Crippen molar-refractivity contribution in [3.63, 3.8) is 0 Å². The monoisotopic (exact) mass is 351 g/mol. The summed E-state index contributed by atoms with van der Waals surface area (Å²) < 4.78 is 7.87. The summed E-state index contributed by atoms with van der Waals surface area (Å²) >= 11 is 0. The first-order chi connectivity index (χ1) is 12.2. The predicted octanol–water partition coefficient (Wildman–Crippen LogP) is 1.16. The highest BCUT2D eigenvalue weighted by Gasteiger charge is 2.32. The van der Waals surface area contributed by atoms with Gasteiger partial charge in [-0.15, -0.1) is 5.10 Å². The van der Waals surface area contributed by atoms with Gasteiger partial charge in [0.25, 0.3) is 0 Å². The fourth-order valence-corrected chi connectivity index (χ4v) is 3.23. The Hall–Kier alpha value is -1.67. The molecule has 0 aromatic carbocycles. The molecule has 2 aliphatic rings. The van der Waals surface area contributed by atoms with Gasteiger partial charge in [0.15, 0.2) is 0 Å². The van der Waals surface area contributed by atoms with Crippen LogP contribution in [-0.4, -0.2) is 57.5 Å². The zero-order valence-corrected chi connectivity index (χ0v) is 14.9. The first kappa shape index (κ1) is 18.1. The molecule has 0 radical (unpaired) electrons. The second-order valence-corrected chi connectivity index (χ2v) is 7.03. The van der Waals surface area contributed by atoms with Gasteiger partial charge < -0.3 is 20.5 Å². The molecule has 0 unspecified atom stereocenters. The molecule has 3 rings (SSSR count). The minimum Gasteiger partial charge on any atom is -0.394 e. The van der Waals surface area contributed by atoms with Crippen molar-refractivity contribution in [2.45, 2.75) is 76.2 Å². The van der Waals surface area contributed by atoms with Crippen LogP contribution >= 0.6 is 0 Å². The van der Waals surface area contributed by atoms with Crippen LogP contribution < -0.4 is 10.6 Å². The lowest BCUT2D eigenvalue weighted by atomic mass is 9.97. The summed E-state index contributed by atoms with van der Waals surface area (Å²) in [7, 11) is 0. The summed E-state index contributed by atoms with van der Waals surface area (Å²) in [5, 5.41) is 23.7. The summed E-state index contributed by atoms with van der Waals surface area (Å²) in [6.07, 6.45) is 7.59. The van der Waals surface area contributed by atoms with Crippen molar-refractivity contribution in [3.05, 3.63) is 11.9 Å². The van der Waals surface area contributed by atoms with E-state index in [1.165, 1.54) is 12.8 Å². The van der Waals surface area contributed by atoms with Crippen molar-refractivity contribution in [3.8, 4) is 0 Å². The van der Waals surface area contributed by atoms with Gasteiger partial charge in [-0.25, -0.2) is 4.79 Å². The quantitative estimate of drug-likeness (QED) is 0.652. The molecule has 1 aromatic heterocycles. The molecule has 1 saturated heterocycles. The van der Waals surface area contributed by atoms with Gasteiger partial charge in [-0.2, -0.15) is 0 Å². The molecule has 140 valence electrons. The summed E-state index contributed by atoms with van der Waals surface area (Å²) in [5.74, 6) is 0.615. The van der Waals surface area contributed by atoms with Crippen molar-refractivity contribution in [2.75, 3.05) is 13.2 Å². The number of carbonyl (C=O) groups is 1. The first-order valence-corrected chi connectivity index (χ1v) is 9.40. The fraction of sp³-hybridized carbons (Fsp3) is 0.824. The van der Waals surface area contributed by atoms with Crippen LogP contribution in [0.4, 0.5) is 4.79 Å². The topological polar surface area (TPSA) is 101 Å². The maximum atomic E-state index is 11.8. The van der Waals surface area contributed by atoms with Gasteiger partial charge in [-0.05, 0) is 38.5 Å². The summed E-state index contributed by atoms with van der Waals surface area (Å²) in [6.45, 7) is 3.32. The van der Waals surface area contributed by atoms with Crippen molar-refractivity contribution >= 4 is 6.03 Å². The second-order valence-electron chi connectivity index (χ2n) is 7.03. The highest BCUT2D eigenvalue weighted by molar-refractivity contribution is 5.74. The van der Waals surface area contributed by atoms with Crippen LogP contribution in [-0.2, 0) is 11.3 Å². The number of rotatable bonds is 8. The number of aliphatic hydroxyl groups is 1. The maximum Gasteiger partial charge on any atom is 0.315 e. The van der Waals surface area contributed by atoms with E-state index in [9.17, 15) is 9.90 Å². The maximum absolute atomic E-state index is 11.8. The zero-order chi connectivity index (χ0) is 17.6. The molecule has 1 saturated carbocycles. The highest BCUT2D eigenvalue weighted by Crippen LogP contribution is 2.38. The van der Waals surface area contributed by atoms with E-state index in [1.54, 1.807) is 0 Å². The minimum atomic E-state index is -0.358. The number of aliphatic hydroxyl groups excluding tert-OH is 1. The normalized spacial score (nSPS) is 26.4. The van der Waals surface area contributed by atoms with Gasteiger partial charge in [0.2, 0.25) is 0 Å². The Morgan fingerprint density at radius 3 is 2.96 bits per heavy atom. The van der Waals surface area contributed by atoms with E-state index < -0.39 is 0 Å². The van der Waals surface area contributed by atoms with Crippen LogP contribution in [0.15, 0.2) is 6.20 Å². The Morgan fingerprint density at radius 2 is 2.24 bits per heavy atom. The van der Waals surface area contributed by atoms with Crippen molar-refractivity contribution in [1.29, 1.82) is 0 Å². The smallest absolute Gasteiger partial charge is 0.315 e. The van der Waals surface area contributed by atoms with Gasteiger partial charge in [0, 0.05) is 25.2 Å². The number of nitrogens with one attached hydrogen (secondary N) is 2. The Bertz CT molecular complexity index is 560. The summed E-state index contributed by atoms with van der Waals surface area (Å²) in [5.41, 5.74) is 1.10. The van der Waals surface area contributed by atoms with E-state index in [2.05, 4.69) is 20.9 Å². The van der Waals surface area contributed by atoms with Crippen LogP contribution in [0, 0.1) is 0 Å². The number of hydrogen-bond donors (Lipinski definition) is 3. The number of carbonyl (C=O) groups excluding carboxylic acids is 1. The Balaban J connectivity index is 1.43. The van der Waals surface area contributed by atoms with Crippen molar-refractivity contribution in [2.24, 2.45) is 0 Å². The molecule has 8 nitrogen and oxygen atoms in total. The predicted molar refractivity (Wildman–Crippen MR) is 92.2 cm³/mol. The molecule has 3 atom stereocenters. The molecule has 1 aliphatic carbocycles. The highest BCUT2D eigenvalue weighted by atomic mass is 16.5. The number of aryl methyl sites for hydroxylation is 1. The molecule has 25 heavy (non-hydrogen) atoms. The lowest BCUT2D eigenvalue weighted by Crippen LogP contribution is -2.53. The molecular weight excluding hydrogens is 322 g/mol. The lowest BCUT2D eigenvalue weighted by molar-refractivity contribution is -0.0907. The van der Waals surface area contributed by atoms with Gasteiger partial charge in [-0.1, -0.05) is 12.1 Å². The van der Waals surface area contributed by atoms with Crippen molar-refractivity contribution < 1.29 is 14.6 Å². The lowest BCUT2D eigenvalue weighted by Gasteiger charge is -2.36. The largest absolute Gasteiger partial charge is 0.394 e. The molecule has 1 aliphatic heterocycles. The van der Waals surface area contributed by atoms with E-state index in [0.29, 0.717) is 12.5 Å². The van der Waals surface area contributed by atoms with Crippen LogP contribution in [0.5, 0.6) is 0 Å². The first-order valence-electron chi connectivity index (χ1n) is 9.40. The average molecular weight is 351 g/mol. The second kappa shape index (κ2) is 8.62. The number of amides is 2. The third kappa shape index (κ3) is 5.15. The van der Waals surface area contributed by atoms with Gasteiger partial charge in [-0.3, -0.25) is 4.68 Å². The minimum absolute atomic E-state index is 0.0717. The third-order valence-corrected chi connectivity index (χ3v) is 4.88. The van der Waals surface area contributed by atoms with Crippen molar-refractivity contribution in [1.82, 2.24) is 25.6 Å². The van der Waals surface area contributed by atoms with E-state index in [0.717, 1.165) is 37.9 Å². The van der Waals surface area contributed by atoms with E-state index in [-0.39, 0.29) is 30.9 Å². The Morgan fingerprint density at radius 1 is 1.40 bits per heavy atom. The van der Waals surface area contributed by atoms with Crippen LogP contribution in [0.3, 0.4) is 0 Å².